The Morgan fingerprint density at radius 3 is 2.63 bits per heavy atom. The van der Waals surface area contributed by atoms with E-state index in [4.69, 9.17) is 0 Å². The van der Waals surface area contributed by atoms with Crippen LogP contribution in [0.15, 0.2) is 41.3 Å². The monoisotopic (exact) mass is 258 g/mol. The van der Waals surface area contributed by atoms with Gasteiger partial charge in [0, 0.05) is 18.3 Å². The maximum atomic E-state index is 11.8. The zero-order valence-electron chi connectivity index (χ0n) is 11.4. The van der Waals surface area contributed by atoms with Crippen LogP contribution in [0, 0.1) is 0 Å². The van der Waals surface area contributed by atoms with Gasteiger partial charge in [-0.2, -0.15) is 5.10 Å². The van der Waals surface area contributed by atoms with E-state index in [-0.39, 0.29) is 11.6 Å². The van der Waals surface area contributed by atoms with Crippen LogP contribution in [-0.4, -0.2) is 39.8 Å². The van der Waals surface area contributed by atoms with Gasteiger partial charge in [-0.3, -0.25) is 9.78 Å². The highest BCUT2D eigenvalue weighted by atomic mass is 16.1. The van der Waals surface area contributed by atoms with Crippen molar-refractivity contribution in [3.8, 4) is 11.4 Å². The topological polar surface area (TPSA) is 51.0 Å². The molecule has 0 saturated heterocycles. The number of hydrogen-bond donors (Lipinski definition) is 0. The van der Waals surface area contributed by atoms with Gasteiger partial charge in [0.15, 0.2) is 0 Å². The van der Waals surface area contributed by atoms with Crippen molar-refractivity contribution in [2.45, 2.75) is 19.5 Å². The molecule has 5 nitrogen and oxygen atoms in total. The van der Waals surface area contributed by atoms with Crippen LogP contribution in [0.5, 0.6) is 0 Å². The van der Waals surface area contributed by atoms with Crippen molar-refractivity contribution in [3.63, 3.8) is 0 Å². The second kappa shape index (κ2) is 5.75. The van der Waals surface area contributed by atoms with Gasteiger partial charge in [0.25, 0.3) is 5.56 Å². The Kier molecular flexibility index (Phi) is 4.06. The van der Waals surface area contributed by atoms with E-state index in [2.05, 4.69) is 21.9 Å². The second-order valence-corrected chi connectivity index (χ2v) is 4.77. The predicted molar refractivity (Wildman–Crippen MR) is 74.9 cm³/mol. The smallest absolute Gasteiger partial charge is 0.266 e. The quantitative estimate of drug-likeness (QED) is 0.828. The fourth-order valence-electron chi connectivity index (χ4n) is 1.64. The van der Waals surface area contributed by atoms with Crippen LogP contribution >= 0.6 is 0 Å². The normalized spacial score (nSPS) is 12.6. The number of hydrogen-bond acceptors (Lipinski definition) is 4. The van der Waals surface area contributed by atoms with Crippen LogP contribution in [0.3, 0.4) is 0 Å². The summed E-state index contributed by atoms with van der Waals surface area (Å²) in [7, 11) is 3.97. The van der Waals surface area contributed by atoms with Gasteiger partial charge in [0.2, 0.25) is 0 Å². The molecule has 5 heteroatoms. The van der Waals surface area contributed by atoms with E-state index in [9.17, 15) is 4.79 Å². The maximum absolute atomic E-state index is 11.8. The zero-order chi connectivity index (χ0) is 13.8. The average Bonchev–Trinajstić information content (AvgIpc) is 2.42. The molecule has 2 rings (SSSR count). The van der Waals surface area contributed by atoms with E-state index in [1.165, 1.54) is 4.68 Å². The molecular weight excluding hydrogens is 240 g/mol. The van der Waals surface area contributed by atoms with Crippen molar-refractivity contribution in [1.29, 1.82) is 0 Å². The summed E-state index contributed by atoms with van der Waals surface area (Å²) in [5.41, 5.74) is 1.40. The molecule has 1 atom stereocenters. The highest BCUT2D eigenvalue weighted by Crippen LogP contribution is 2.10. The van der Waals surface area contributed by atoms with Crippen LogP contribution < -0.4 is 5.56 Å². The van der Waals surface area contributed by atoms with E-state index >= 15 is 0 Å². The van der Waals surface area contributed by atoms with Crippen molar-refractivity contribution >= 4 is 0 Å². The van der Waals surface area contributed by atoms with Gasteiger partial charge in [-0.15, -0.1) is 0 Å². The lowest BCUT2D eigenvalue weighted by Gasteiger charge is -2.20. The number of aromatic nitrogens is 3. The summed E-state index contributed by atoms with van der Waals surface area (Å²) in [6.07, 6.45) is 1.72. The van der Waals surface area contributed by atoms with Crippen molar-refractivity contribution < 1.29 is 0 Å². The predicted octanol–water partition coefficient (Wildman–Crippen LogP) is 1.26. The Labute approximate surface area is 112 Å². The van der Waals surface area contributed by atoms with Gasteiger partial charge in [-0.1, -0.05) is 6.07 Å². The third kappa shape index (κ3) is 3.26. The Balaban J connectivity index is 2.33. The van der Waals surface area contributed by atoms with Crippen molar-refractivity contribution in [3.05, 3.63) is 46.9 Å². The second-order valence-electron chi connectivity index (χ2n) is 4.77. The van der Waals surface area contributed by atoms with E-state index < -0.39 is 0 Å². The van der Waals surface area contributed by atoms with Crippen LogP contribution in [0.1, 0.15) is 6.92 Å². The standard InChI is InChI=1S/C14H18N4O/c1-11(17(2)3)10-18-14(19)8-7-13(16-18)12-6-4-5-9-15-12/h4-9,11H,10H2,1-3H3/t11-/m0/s1. The molecule has 0 fully saturated rings. The van der Waals surface area contributed by atoms with Crippen LogP contribution in [0.25, 0.3) is 11.4 Å². The van der Waals surface area contributed by atoms with Crippen molar-refractivity contribution in [1.82, 2.24) is 19.7 Å². The molecule has 100 valence electrons. The first-order valence-electron chi connectivity index (χ1n) is 6.24. The minimum Gasteiger partial charge on any atom is -0.305 e. The summed E-state index contributed by atoms with van der Waals surface area (Å²) in [6.45, 7) is 2.62. The van der Waals surface area contributed by atoms with Gasteiger partial charge < -0.3 is 4.90 Å². The molecule has 0 aromatic carbocycles. The van der Waals surface area contributed by atoms with Crippen LogP contribution in [0.4, 0.5) is 0 Å². The van der Waals surface area contributed by atoms with Gasteiger partial charge in [0.1, 0.15) is 5.69 Å². The summed E-state index contributed by atoms with van der Waals surface area (Å²) in [4.78, 5) is 18.1. The Morgan fingerprint density at radius 1 is 1.21 bits per heavy atom. The fraction of sp³-hybridized carbons (Fsp3) is 0.357. The summed E-state index contributed by atoms with van der Waals surface area (Å²) in [5, 5.41) is 4.38. The van der Waals surface area contributed by atoms with E-state index in [1.807, 2.05) is 32.3 Å². The Hall–Kier alpha value is -2.01. The van der Waals surface area contributed by atoms with Crippen LogP contribution in [0.2, 0.25) is 0 Å². The van der Waals surface area contributed by atoms with Gasteiger partial charge in [-0.25, -0.2) is 4.68 Å². The third-order valence-electron chi connectivity index (χ3n) is 3.11. The highest BCUT2D eigenvalue weighted by Gasteiger charge is 2.09. The van der Waals surface area contributed by atoms with Crippen LogP contribution in [-0.2, 0) is 6.54 Å². The van der Waals surface area contributed by atoms with Gasteiger partial charge in [-0.05, 0) is 39.2 Å². The number of nitrogens with zero attached hydrogens (tertiary/aromatic N) is 4. The summed E-state index contributed by atoms with van der Waals surface area (Å²) < 4.78 is 1.49. The lowest BCUT2D eigenvalue weighted by atomic mass is 10.2. The third-order valence-corrected chi connectivity index (χ3v) is 3.11. The first-order chi connectivity index (χ1) is 9.08. The van der Waals surface area contributed by atoms with Gasteiger partial charge in [0.05, 0.1) is 12.2 Å². The van der Waals surface area contributed by atoms with Crippen molar-refractivity contribution in [2.75, 3.05) is 14.1 Å². The lowest BCUT2D eigenvalue weighted by molar-refractivity contribution is 0.272. The molecule has 0 bridgehead atoms. The molecule has 0 aliphatic heterocycles. The summed E-state index contributed by atoms with van der Waals surface area (Å²) in [5.74, 6) is 0. The molecule has 0 spiro atoms. The maximum Gasteiger partial charge on any atom is 0.266 e. The molecule has 19 heavy (non-hydrogen) atoms. The fourth-order valence-corrected chi connectivity index (χ4v) is 1.64. The van der Waals surface area contributed by atoms with Crippen molar-refractivity contribution in [2.24, 2.45) is 0 Å². The largest absolute Gasteiger partial charge is 0.305 e. The molecule has 0 N–H and O–H groups in total. The molecule has 0 unspecified atom stereocenters. The van der Waals surface area contributed by atoms with E-state index in [1.54, 1.807) is 18.3 Å². The molecule has 0 aliphatic rings. The Bertz CT molecular complexity index is 592. The number of likely N-dealkylation sites (N-methyl/N-ethyl adjacent to an activating group) is 1. The highest BCUT2D eigenvalue weighted by molar-refractivity contribution is 5.52. The molecule has 2 heterocycles. The molecule has 0 amide bonds. The molecular formula is C14H18N4O. The molecule has 2 aromatic heterocycles. The number of pyridine rings is 1. The summed E-state index contributed by atoms with van der Waals surface area (Å²) in [6, 6.07) is 9.13. The minimum atomic E-state index is -0.0895. The first-order valence-corrected chi connectivity index (χ1v) is 6.24. The van der Waals surface area contributed by atoms with Gasteiger partial charge >= 0.3 is 0 Å². The molecule has 2 aromatic rings. The molecule has 0 aliphatic carbocycles. The lowest BCUT2D eigenvalue weighted by Crippen LogP contribution is -2.34. The van der Waals surface area contributed by atoms with E-state index in [0.29, 0.717) is 12.2 Å². The van der Waals surface area contributed by atoms with E-state index in [0.717, 1.165) is 5.69 Å². The first kappa shape index (κ1) is 13.4. The zero-order valence-corrected chi connectivity index (χ0v) is 11.4. The Morgan fingerprint density at radius 2 is 2.00 bits per heavy atom. The summed E-state index contributed by atoms with van der Waals surface area (Å²) >= 11 is 0. The minimum absolute atomic E-state index is 0.0895. The molecule has 0 radical (unpaired) electrons. The SMILES string of the molecule is C[C@@H](Cn1nc(-c2ccccn2)ccc1=O)N(C)C. The molecule has 0 saturated carbocycles. The number of rotatable bonds is 4. The average molecular weight is 258 g/mol.